The number of carbonyl (C=O) groups excluding carboxylic acids is 1. The highest BCUT2D eigenvalue weighted by Crippen LogP contribution is 2.31. The summed E-state index contributed by atoms with van der Waals surface area (Å²) in [6.07, 6.45) is -2.85. The number of pyridine rings is 1. The van der Waals surface area contributed by atoms with Crippen LogP contribution >= 0.6 is 0 Å². The Hall–Kier alpha value is -1.67. The summed E-state index contributed by atoms with van der Waals surface area (Å²) in [7, 11) is 0. The van der Waals surface area contributed by atoms with Gasteiger partial charge in [0, 0.05) is 38.6 Å². The first-order valence-corrected chi connectivity index (χ1v) is 6.92. The van der Waals surface area contributed by atoms with Crippen LogP contribution in [0.2, 0.25) is 0 Å². The molecule has 124 valence electrons. The molecule has 0 aliphatic rings. The minimum absolute atomic E-state index is 0.135. The second kappa shape index (κ2) is 8.70. The zero-order valence-corrected chi connectivity index (χ0v) is 12.4. The largest absolute Gasteiger partial charge is 0.417 e. The van der Waals surface area contributed by atoms with Crippen LogP contribution in [-0.2, 0) is 15.7 Å². The van der Waals surface area contributed by atoms with Gasteiger partial charge < -0.3 is 14.8 Å². The van der Waals surface area contributed by atoms with E-state index < -0.39 is 29.5 Å². The molecule has 0 fully saturated rings. The molecule has 0 aromatic carbocycles. The quantitative estimate of drug-likeness (QED) is 0.748. The number of alkyl halides is 3. The lowest BCUT2D eigenvalue weighted by atomic mass is 10.1. The van der Waals surface area contributed by atoms with E-state index in [-0.39, 0.29) is 6.54 Å². The number of halogens is 3. The zero-order valence-electron chi connectivity index (χ0n) is 12.4. The van der Waals surface area contributed by atoms with E-state index in [1.165, 1.54) is 0 Å². The maximum absolute atomic E-state index is 12.8. The van der Waals surface area contributed by atoms with E-state index in [9.17, 15) is 18.0 Å². The Morgan fingerprint density at radius 3 is 2.50 bits per heavy atom. The topological polar surface area (TPSA) is 60.5 Å². The third kappa shape index (κ3) is 5.61. The van der Waals surface area contributed by atoms with Gasteiger partial charge in [0.05, 0.1) is 11.1 Å². The van der Waals surface area contributed by atoms with E-state index in [0.717, 1.165) is 18.5 Å². The van der Waals surface area contributed by atoms with Crippen molar-refractivity contribution in [3.8, 4) is 0 Å². The Bertz CT molecular complexity index is 475. The summed E-state index contributed by atoms with van der Waals surface area (Å²) in [5.41, 5.74) is -1.51. The Morgan fingerprint density at radius 2 is 1.95 bits per heavy atom. The van der Waals surface area contributed by atoms with E-state index in [0.29, 0.717) is 19.6 Å². The van der Waals surface area contributed by atoms with Crippen LogP contribution in [0.15, 0.2) is 18.5 Å². The van der Waals surface area contributed by atoms with Crippen LogP contribution < -0.4 is 5.32 Å². The van der Waals surface area contributed by atoms with Crippen LogP contribution in [0, 0.1) is 0 Å². The monoisotopic (exact) mass is 320 g/mol. The van der Waals surface area contributed by atoms with Gasteiger partial charge in [0.2, 0.25) is 0 Å². The lowest BCUT2D eigenvalue weighted by molar-refractivity contribution is -0.139. The molecule has 1 aromatic rings. The van der Waals surface area contributed by atoms with Crippen molar-refractivity contribution in [1.82, 2.24) is 10.3 Å². The number of hydrogen-bond acceptors (Lipinski definition) is 4. The van der Waals surface area contributed by atoms with Gasteiger partial charge in [-0.2, -0.15) is 13.2 Å². The summed E-state index contributed by atoms with van der Waals surface area (Å²) in [6, 6.07) is 0.776. The first kappa shape index (κ1) is 18.4. The van der Waals surface area contributed by atoms with Gasteiger partial charge in [-0.3, -0.25) is 9.78 Å². The highest BCUT2D eigenvalue weighted by Gasteiger charge is 2.35. The molecule has 0 saturated heterocycles. The fourth-order valence-electron chi connectivity index (χ4n) is 1.81. The van der Waals surface area contributed by atoms with Crippen molar-refractivity contribution in [1.29, 1.82) is 0 Å². The third-order valence-corrected chi connectivity index (χ3v) is 2.74. The smallest absolute Gasteiger partial charge is 0.353 e. The number of aromatic nitrogens is 1. The minimum atomic E-state index is -4.60. The lowest BCUT2D eigenvalue weighted by Gasteiger charge is -2.17. The number of ether oxygens (including phenoxy) is 2. The Morgan fingerprint density at radius 1 is 1.32 bits per heavy atom. The molecule has 1 heterocycles. The Labute approximate surface area is 126 Å². The van der Waals surface area contributed by atoms with Crippen LogP contribution in [0.4, 0.5) is 13.2 Å². The predicted molar refractivity (Wildman–Crippen MR) is 73.2 cm³/mol. The number of amides is 1. The van der Waals surface area contributed by atoms with Crippen LogP contribution in [0.25, 0.3) is 0 Å². The first-order chi connectivity index (χ1) is 10.4. The zero-order chi connectivity index (χ0) is 16.6. The highest BCUT2D eigenvalue weighted by atomic mass is 19.4. The van der Waals surface area contributed by atoms with E-state index >= 15 is 0 Å². The summed E-state index contributed by atoms with van der Waals surface area (Å²) in [5, 5.41) is 2.42. The van der Waals surface area contributed by atoms with E-state index in [2.05, 4.69) is 10.3 Å². The number of nitrogens with one attached hydrogen (secondary N) is 1. The van der Waals surface area contributed by atoms with Gasteiger partial charge in [-0.25, -0.2) is 0 Å². The lowest BCUT2D eigenvalue weighted by Crippen LogP contribution is -2.30. The highest BCUT2D eigenvalue weighted by molar-refractivity contribution is 5.95. The molecule has 0 radical (unpaired) electrons. The molecular weight excluding hydrogens is 301 g/mol. The molecular formula is C14H19F3N2O3. The molecule has 0 atom stereocenters. The summed E-state index contributed by atoms with van der Waals surface area (Å²) in [6.45, 7) is 4.63. The van der Waals surface area contributed by atoms with Gasteiger partial charge in [0.1, 0.15) is 0 Å². The van der Waals surface area contributed by atoms with Gasteiger partial charge in [0.15, 0.2) is 6.29 Å². The maximum atomic E-state index is 12.8. The van der Waals surface area contributed by atoms with Gasteiger partial charge in [-0.15, -0.1) is 0 Å². The second-order valence-corrected chi connectivity index (χ2v) is 4.30. The van der Waals surface area contributed by atoms with Crippen LogP contribution in [0.5, 0.6) is 0 Å². The van der Waals surface area contributed by atoms with E-state index in [1.807, 2.05) is 0 Å². The van der Waals surface area contributed by atoms with Crippen molar-refractivity contribution < 1.29 is 27.4 Å². The van der Waals surface area contributed by atoms with Gasteiger partial charge in [-0.1, -0.05) is 0 Å². The summed E-state index contributed by atoms with van der Waals surface area (Å²) in [4.78, 5) is 15.4. The molecule has 0 aliphatic carbocycles. The van der Waals surface area contributed by atoms with Gasteiger partial charge in [-0.05, 0) is 19.9 Å². The van der Waals surface area contributed by atoms with Crippen molar-refractivity contribution in [2.45, 2.75) is 32.7 Å². The normalized spacial score (nSPS) is 11.7. The SMILES string of the molecule is CCOC(CCNC(=O)c1cnccc1C(F)(F)F)OCC. The molecule has 0 aliphatic heterocycles. The van der Waals surface area contributed by atoms with Crippen molar-refractivity contribution in [3.63, 3.8) is 0 Å². The summed E-state index contributed by atoms with van der Waals surface area (Å²) in [5.74, 6) is -0.827. The molecule has 1 N–H and O–H groups in total. The van der Waals surface area contributed by atoms with E-state index in [1.54, 1.807) is 13.8 Å². The second-order valence-electron chi connectivity index (χ2n) is 4.30. The molecule has 8 heteroatoms. The number of hydrogen-bond donors (Lipinski definition) is 1. The van der Waals surface area contributed by atoms with Crippen molar-refractivity contribution in [2.75, 3.05) is 19.8 Å². The van der Waals surface area contributed by atoms with Crippen molar-refractivity contribution in [3.05, 3.63) is 29.6 Å². The average Bonchev–Trinajstić information content (AvgIpc) is 2.46. The molecule has 0 saturated carbocycles. The molecule has 22 heavy (non-hydrogen) atoms. The van der Waals surface area contributed by atoms with Crippen molar-refractivity contribution in [2.24, 2.45) is 0 Å². The average molecular weight is 320 g/mol. The standard InChI is InChI=1S/C14H19F3N2O3/c1-3-21-12(22-4-2)6-8-19-13(20)10-9-18-7-5-11(10)14(15,16)17/h5,7,9,12H,3-4,6,8H2,1-2H3,(H,19,20). The molecule has 0 spiro atoms. The van der Waals surface area contributed by atoms with Crippen LogP contribution in [0.3, 0.4) is 0 Å². The van der Waals surface area contributed by atoms with Crippen LogP contribution in [-0.4, -0.2) is 36.9 Å². The molecule has 1 amide bonds. The van der Waals surface area contributed by atoms with Crippen molar-refractivity contribution >= 4 is 5.91 Å². The van der Waals surface area contributed by atoms with Gasteiger partial charge >= 0.3 is 6.18 Å². The Balaban J connectivity index is 2.63. The molecule has 1 rings (SSSR count). The fourth-order valence-corrected chi connectivity index (χ4v) is 1.81. The molecule has 0 unspecified atom stereocenters. The van der Waals surface area contributed by atoms with E-state index in [4.69, 9.17) is 9.47 Å². The first-order valence-electron chi connectivity index (χ1n) is 6.92. The Kier molecular flexibility index (Phi) is 7.26. The fraction of sp³-hybridized carbons (Fsp3) is 0.571. The maximum Gasteiger partial charge on any atom is 0.417 e. The van der Waals surface area contributed by atoms with Gasteiger partial charge in [0.25, 0.3) is 5.91 Å². The molecule has 0 bridgehead atoms. The minimum Gasteiger partial charge on any atom is -0.353 e. The summed E-state index contributed by atoms with van der Waals surface area (Å²) < 4.78 is 49.0. The van der Waals surface area contributed by atoms with Crippen LogP contribution in [0.1, 0.15) is 36.2 Å². The molecule has 1 aromatic heterocycles. The molecule has 5 nitrogen and oxygen atoms in total. The number of carbonyl (C=O) groups is 1. The number of nitrogens with zero attached hydrogens (tertiary/aromatic N) is 1. The summed E-state index contributed by atoms with van der Waals surface area (Å²) >= 11 is 0. The number of rotatable bonds is 8. The third-order valence-electron chi connectivity index (χ3n) is 2.74. The predicted octanol–water partition coefficient (Wildman–Crippen LogP) is 2.62.